The average Bonchev–Trinajstić information content (AvgIpc) is 3.00. The lowest BCUT2D eigenvalue weighted by atomic mass is 9.96. The number of aryl methyl sites for hydroxylation is 2. The van der Waals surface area contributed by atoms with E-state index in [2.05, 4.69) is 39.1 Å². The molecule has 0 atom stereocenters. The summed E-state index contributed by atoms with van der Waals surface area (Å²) in [7, 11) is 0. The first-order chi connectivity index (χ1) is 20.3. The molecule has 2 N–H and O–H groups in total. The first-order valence-corrected chi connectivity index (χ1v) is 14.8. The summed E-state index contributed by atoms with van der Waals surface area (Å²) >= 11 is 0. The number of hydrogen-bond donors (Lipinski definition) is 2. The molecule has 0 aliphatic rings. The van der Waals surface area contributed by atoms with Crippen LogP contribution in [-0.4, -0.2) is 61.8 Å². The number of esters is 2. The quantitative estimate of drug-likeness (QED) is 0.109. The first kappa shape index (κ1) is 34.6. The SMILES string of the molecule is C=C(CO)C(=O)OCCOc1cc(CCCCC)cc(-c2cc(CCCCC)cc(OCCOC(=O)C(=C)CO)c2)c1. The Morgan fingerprint density at radius 1 is 0.619 bits per heavy atom. The third-order valence-electron chi connectivity index (χ3n) is 6.53. The summed E-state index contributed by atoms with van der Waals surface area (Å²) in [5, 5.41) is 18.1. The molecule has 230 valence electrons. The highest BCUT2D eigenvalue weighted by molar-refractivity contribution is 5.88. The highest BCUT2D eigenvalue weighted by Gasteiger charge is 2.11. The maximum absolute atomic E-state index is 11.8. The molecule has 0 aromatic heterocycles. The van der Waals surface area contributed by atoms with E-state index in [9.17, 15) is 9.59 Å². The van der Waals surface area contributed by atoms with Crippen molar-refractivity contribution in [3.63, 3.8) is 0 Å². The number of hydrogen-bond acceptors (Lipinski definition) is 8. The summed E-state index contributed by atoms with van der Waals surface area (Å²) < 4.78 is 22.2. The number of ether oxygens (including phenoxy) is 4. The van der Waals surface area contributed by atoms with Gasteiger partial charge in [0.2, 0.25) is 0 Å². The maximum Gasteiger partial charge on any atom is 0.335 e. The highest BCUT2D eigenvalue weighted by atomic mass is 16.6. The van der Waals surface area contributed by atoms with E-state index in [0.29, 0.717) is 11.5 Å². The Hall–Kier alpha value is -3.62. The van der Waals surface area contributed by atoms with Gasteiger partial charge in [-0.25, -0.2) is 9.59 Å². The summed E-state index contributed by atoms with van der Waals surface area (Å²) in [6.45, 7) is 10.8. The van der Waals surface area contributed by atoms with Gasteiger partial charge in [0, 0.05) is 0 Å². The molecule has 2 aromatic rings. The van der Waals surface area contributed by atoms with Gasteiger partial charge in [-0.3, -0.25) is 0 Å². The Balaban J connectivity index is 2.26. The average molecular weight is 583 g/mol. The monoisotopic (exact) mass is 582 g/mol. The van der Waals surface area contributed by atoms with Gasteiger partial charge >= 0.3 is 11.9 Å². The van der Waals surface area contributed by atoms with Crippen LogP contribution in [0.3, 0.4) is 0 Å². The summed E-state index contributed by atoms with van der Waals surface area (Å²) in [5.41, 5.74) is 4.27. The van der Waals surface area contributed by atoms with E-state index < -0.39 is 25.2 Å². The van der Waals surface area contributed by atoms with Crippen molar-refractivity contribution in [3.8, 4) is 22.6 Å². The van der Waals surface area contributed by atoms with Crippen molar-refractivity contribution in [2.75, 3.05) is 39.6 Å². The second-order valence-corrected chi connectivity index (χ2v) is 10.1. The minimum atomic E-state index is -0.643. The second-order valence-electron chi connectivity index (χ2n) is 10.1. The van der Waals surface area contributed by atoms with Crippen molar-refractivity contribution in [3.05, 3.63) is 71.8 Å². The molecule has 0 radical (unpaired) electrons. The molecule has 2 rings (SSSR count). The zero-order valence-electron chi connectivity index (χ0n) is 25.1. The van der Waals surface area contributed by atoms with Crippen molar-refractivity contribution in [1.82, 2.24) is 0 Å². The Morgan fingerprint density at radius 2 is 1.02 bits per heavy atom. The molecule has 8 nitrogen and oxygen atoms in total. The van der Waals surface area contributed by atoms with E-state index in [0.717, 1.165) is 73.6 Å². The van der Waals surface area contributed by atoms with Gasteiger partial charge in [-0.1, -0.05) is 64.8 Å². The Labute approximate surface area is 250 Å². The minimum absolute atomic E-state index is 0.000765. The van der Waals surface area contributed by atoms with Crippen LogP contribution in [0.4, 0.5) is 0 Å². The zero-order chi connectivity index (χ0) is 30.7. The molecule has 0 bridgehead atoms. The van der Waals surface area contributed by atoms with E-state index in [4.69, 9.17) is 29.2 Å². The molecule has 0 saturated carbocycles. The lowest BCUT2D eigenvalue weighted by Gasteiger charge is -2.15. The van der Waals surface area contributed by atoms with Crippen molar-refractivity contribution >= 4 is 11.9 Å². The van der Waals surface area contributed by atoms with E-state index in [1.54, 1.807) is 0 Å². The van der Waals surface area contributed by atoms with Gasteiger partial charge in [0.15, 0.2) is 0 Å². The van der Waals surface area contributed by atoms with Crippen LogP contribution in [0, 0.1) is 0 Å². The molecule has 0 spiro atoms. The molecule has 0 unspecified atom stereocenters. The van der Waals surface area contributed by atoms with Crippen LogP contribution < -0.4 is 9.47 Å². The number of aliphatic hydroxyl groups is 2. The van der Waals surface area contributed by atoms with Crippen LogP contribution in [-0.2, 0) is 31.9 Å². The molecule has 42 heavy (non-hydrogen) atoms. The van der Waals surface area contributed by atoms with Crippen LogP contribution in [0.15, 0.2) is 60.7 Å². The topological polar surface area (TPSA) is 112 Å². The zero-order valence-corrected chi connectivity index (χ0v) is 25.1. The molecule has 0 aliphatic carbocycles. The van der Waals surface area contributed by atoms with Crippen LogP contribution in [0.1, 0.15) is 63.5 Å². The number of aliphatic hydroxyl groups excluding tert-OH is 2. The van der Waals surface area contributed by atoms with E-state index >= 15 is 0 Å². The van der Waals surface area contributed by atoms with Crippen LogP contribution in [0.5, 0.6) is 11.5 Å². The lowest BCUT2D eigenvalue weighted by molar-refractivity contribution is -0.141. The largest absolute Gasteiger partial charge is 0.490 e. The maximum atomic E-state index is 11.8. The van der Waals surface area contributed by atoms with Crippen LogP contribution in [0.25, 0.3) is 11.1 Å². The fourth-order valence-corrected chi connectivity index (χ4v) is 4.19. The van der Waals surface area contributed by atoms with Crippen molar-refractivity contribution < 1.29 is 38.7 Å². The fraction of sp³-hybridized carbons (Fsp3) is 0.471. The van der Waals surface area contributed by atoms with E-state index in [1.165, 1.54) is 0 Å². The van der Waals surface area contributed by atoms with Gasteiger partial charge in [0.1, 0.15) is 37.9 Å². The van der Waals surface area contributed by atoms with Gasteiger partial charge in [-0.05, 0) is 72.2 Å². The van der Waals surface area contributed by atoms with Gasteiger partial charge in [-0.15, -0.1) is 0 Å². The van der Waals surface area contributed by atoms with Crippen LogP contribution in [0.2, 0.25) is 0 Å². The lowest BCUT2D eigenvalue weighted by Crippen LogP contribution is -2.15. The van der Waals surface area contributed by atoms with Crippen molar-refractivity contribution in [1.29, 1.82) is 0 Å². The summed E-state index contributed by atoms with van der Waals surface area (Å²) in [6, 6.07) is 12.3. The van der Waals surface area contributed by atoms with E-state index in [1.807, 2.05) is 24.3 Å². The molecule has 0 fully saturated rings. The smallest absolute Gasteiger partial charge is 0.335 e. The summed E-state index contributed by atoms with van der Waals surface area (Å²) in [6.07, 6.45) is 8.45. The molecule has 0 heterocycles. The molecule has 0 saturated heterocycles. The molecular weight excluding hydrogens is 536 g/mol. The molecular formula is C34H46O8. The normalized spacial score (nSPS) is 10.7. The third kappa shape index (κ3) is 12.5. The fourth-order valence-electron chi connectivity index (χ4n) is 4.19. The highest BCUT2D eigenvalue weighted by Crippen LogP contribution is 2.31. The van der Waals surface area contributed by atoms with Gasteiger partial charge in [0.05, 0.1) is 24.4 Å². The number of unbranched alkanes of at least 4 members (excludes halogenated alkanes) is 4. The van der Waals surface area contributed by atoms with Gasteiger partial charge in [-0.2, -0.15) is 0 Å². The minimum Gasteiger partial charge on any atom is -0.490 e. The predicted molar refractivity (Wildman–Crippen MR) is 164 cm³/mol. The molecule has 0 aliphatic heterocycles. The van der Waals surface area contributed by atoms with Crippen LogP contribution >= 0.6 is 0 Å². The summed E-state index contributed by atoms with van der Waals surface area (Å²) in [5.74, 6) is 0.0584. The van der Waals surface area contributed by atoms with Gasteiger partial charge in [0.25, 0.3) is 0 Å². The number of rotatable bonds is 21. The first-order valence-electron chi connectivity index (χ1n) is 14.8. The molecule has 2 aromatic carbocycles. The number of benzene rings is 2. The molecule has 8 heteroatoms. The Kier molecular flexibility index (Phi) is 16.0. The predicted octanol–water partition coefficient (Wildman–Crippen LogP) is 5.76. The second kappa shape index (κ2) is 19.5. The Bertz CT molecular complexity index is 1080. The third-order valence-corrected chi connectivity index (χ3v) is 6.53. The number of carbonyl (C=O) groups is 2. The Morgan fingerprint density at radius 3 is 1.38 bits per heavy atom. The van der Waals surface area contributed by atoms with Gasteiger partial charge < -0.3 is 29.2 Å². The molecule has 0 amide bonds. The van der Waals surface area contributed by atoms with Crippen molar-refractivity contribution in [2.24, 2.45) is 0 Å². The standard InChI is InChI=1S/C34H46O8/c1-5-7-9-11-27-17-29(21-31(19-27)39-13-15-41-33(37)25(3)23-35)30-18-28(12-10-8-6-2)20-32(22-30)40-14-16-42-34(38)26(4)24-36/h17-22,35-36H,3-16,23-24H2,1-2H3. The number of carbonyl (C=O) groups excluding carboxylic acids is 2. The van der Waals surface area contributed by atoms with Crippen molar-refractivity contribution in [2.45, 2.75) is 65.2 Å². The van der Waals surface area contributed by atoms with E-state index in [-0.39, 0.29) is 37.6 Å². The summed E-state index contributed by atoms with van der Waals surface area (Å²) in [4.78, 5) is 23.5.